The Bertz CT molecular complexity index is 1200. The highest BCUT2D eigenvalue weighted by molar-refractivity contribution is 5.81. The molecule has 0 radical (unpaired) electrons. The number of aryl methyl sites for hydroxylation is 1. The van der Waals surface area contributed by atoms with Crippen molar-refractivity contribution in [1.29, 1.82) is 0 Å². The van der Waals surface area contributed by atoms with Crippen molar-refractivity contribution in [2.24, 2.45) is 0 Å². The number of fused-ring (bicyclic) bond motifs is 3. The fourth-order valence-electron chi connectivity index (χ4n) is 4.42. The van der Waals surface area contributed by atoms with Crippen LogP contribution in [0.3, 0.4) is 0 Å². The third-order valence-electron chi connectivity index (χ3n) is 5.69. The molecule has 0 atom stereocenters. The zero-order valence-corrected chi connectivity index (χ0v) is 16.0. The van der Waals surface area contributed by atoms with E-state index in [1.54, 1.807) is 0 Å². The Hall–Kier alpha value is -3.59. The third kappa shape index (κ3) is 3.05. The van der Waals surface area contributed by atoms with Gasteiger partial charge in [0.2, 0.25) is 0 Å². The second-order valence-electron chi connectivity index (χ2n) is 7.45. The molecule has 142 valence electrons. The van der Waals surface area contributed by atoms with Crippen molar-refractivity contribution in [2.45, 2.75) is 19.3 Å². The molecule has 3 heteroatoms. The molecule has 0 saturated carbocycles. The minimum absolute atomic E-state index is 0.00788. The number of para-hydroxylation sites is 1. The minimum Gasteiger partial charge on any atom is -0.481 e. The predicted molar refractivity (Wildman–Crippen MR) is 115 cm³/mol. The van der Waals surface area contributed by atoms with Crippen molar-refractivity contribution in [1.82, 2.24) is 4.57 Å². The number of aliphatic carboxylic acids is 1. The van der Waals surface area contributed by atoms with E-state index in [2.05, 4.69) is 47.0 Å². The maximum absolute atomic E-state index is 11.5. The first-order valence-electron chi connectivity index (χ1n) is 9.91. The van der Waals surface area contributed by atoms with Crippen LogP contribution in [0, 0.1) is 0 Å². The van der Waals surface area contributed by atoms with E-state index in [-0.39, 0.29) is 6.42 Å². The van der Waals surface area contributed by atoms with E-state index in [1.165, 1.54) is 22.4 Å². The van der Waals surface area contributed by atoms with Crippen molar-refractivity contribution in [2.75, 3.05) is 0 Å². The summed E-state index contributed by atoms with van der Waals surface area (Å²) in [7, 11) is 0. The fraction of sp³-hybridized carbons (Fsp3) is 0.115. The first kappa shape index (κ1) is 17.5. The summed E-state index contributed by atoms with van der Waals surface area (Å²) in [5, 5.41) is 9.43. The van der Waals surface area contributed by atoms with Gasteiger partial charge in [-0.2, -0.15) is 0 Å². The zero-order valence-electron chi connectivity index (χ0n) is 16.0. The Labute approximate surface area is 169 Å². The van der Waals surface area contributed by atoms with E-state index < -0.39 is 5.97 Å². The quantitative estimate of drug-likeness (QED) is 0.506. The molecule has 0 aliphatic heterocycles. The Kier molecular flexibility index (Phi) is 4.28. The van der Waals surface area contributed by atoms with Gasteiger partial charge in [-0.05, 0) is 47.2 Å². The normalized spacial score (nSPS) is 12.3. The minimum atomic E-state index is -0.815. The van der Waals surface area contributed by atoms with Gasteiger partial charge in [0, 0.05) is 16.9 Å². The van der Waals surface area contributed by atoms with Gasteiger partial charge in [-0.15, -0.1) is 0 Å². The van der Waals surface area contributed by atoms with Crippen LogP contribution in [0.4, 0.5) is 0 Å². The fourth-order valence-corrected chi connectivity index (χ4v) is 4.42. The van der Waals surface area contributed by atoms with E-state index in [9.17, 15) is 9.90 Å². The van der Waals surface area contributed by atoms with Crippen LogP contribution in [0.25, 0.3) is 28.1 Å². The lowest BCUT2D eigenvalue weighted by molar-refractivity contribution is -0.136. The molecule has 29 heavy (non-hydrogen) atoms. The second kappa shape index (κ2) is 7.10. The summed E-state index contributed by atoms with van der Waals surface area (Å²) in [5.41, 5.74) is 9.16. The summed E-state index contributed by atoms with van der Waals surface area (Å²) < 4.78 is 2.28. The Balaban J connectivity index is 1.81. The number of carbonyl (C=O) groups is 1. The van der Waals surface area contributed by atoms with Crippen molar-refractivity contribution >= 4 is 5.97 Å². The van der Waals surface area contributed by atoms with Gasteiger partial charge in [-0.25, -0.2) is 0 Å². The maximum Gasteiger partial charge on any atom is 0.307 e. The molecule has 0 fully saturated rings. The topological polar surface area (TPSA) is 42.2 Å². The molecule has 1 heterocycles. The highest BCUT2D eigenvalue weighted by Gasteiger charge is 2.24. The summed E-state index contributed by atoms with van der Waals surface area (Å²) in [6, 6.07) is 29.0. The van der Waals surface area contributed by atoms with Gasteiger partial charge in [-0.1, -0.05) is 72.8 Å². The summed E-state index contributed by atoms with van der Waals surface area (Å²) in [6.07, 6.45) is 1.93. The molecule has 0 spiro atoms. The second-order valence-corrected chi connectivity index (χ2v) is 7.45. The average molecular weight is 379 g/mol. The molecule has 0 bridgehead atoms. The highest BCUT2D eigenvalue weighted by atomic mass is 16.4. The first-order valence-corrected chi connectivity index (χ1v) is 9.91. The smallest absolute Gasteiger partial charge is 0.307 e. The standard InChI is InChI=1S/C26H21NO2/c28-26(29)16-20-11-5-7-13-23(20)27-24-15-14-18-8-4-6-12-21(18)22(24)17-25(27)19-9-2-1-3-10-19/h1-13,17H,14-16H2,(H,28,29). The van der Waals surface area contributed by atoms with Crippen LogP contribution in [0.2, 0.25) is 0 Å². The maximum atomic E-state index is 11.5. The SMILES string of the molecule is O=C(O)Cc1ccccc1-n1c(-c2ccccc2)cc2c1CCc1ccccc1-2. The van der Waals surface area contributed by atoms with Crippen LogP contribution in [-0.4, -0.2) is 15.6 Å². The summed E-state index contributed by atoms with van der Waals surface area (Å²) in [5.74, 6) is -0.815. The summed E-state index contributed by atoms with van der Waals surface area (Å²) >= 11 is 0. The van der Waals surface area contributed by atoms with E-state index >= 15 is 0 Å². The lowest BCUT2D eigenvalue weighted by atomic mass is 9.89. The van der Waals surface area contributed by atoms with Gasteiger partial charge in [0.25, 0.3) is 0 Å². The zero-order chi connectivity index (χ0) is 19.8. The number of carboxylic acid groups (broad SMARTS) is 1. The lowest BCUT2D eigenvalue weighted by Gasteiger charge is -2.21. The first-order chi connectivity index (χ1) is 14.2. The van der Waals surface area contributed by atoms with Crippen molar-refractivity contribution < 1.29 is 9.90 Å². The monoisotopic (exact) mass is 379 g/mol. The molecule has 1 aliphatic rings. The van der Waals surface area contributed by atoms with Crippen molar-refractivity contribution in [3.8, 4) is 28.1 Å². The predicted octanol–water partition coefficient (Wildman–Crippen LogP) is 5.54. The van der Waals surface area contributed by atoms with Gasteiger partial charge < -0.3 is 9.67 Å². The molecule has 4 aromatic rings. The van der Waals surface area contributed by atoms with Gasteiger partial charge in [0.15, 0.2) is 0 Å². The Morgan fingerprint density at radius 1 is 0.828 bits per heavy atom. The van der Waals surface area contributed by atoms with E-state index in [0.717, 1.165) is 35.3 Å². The third-order valence-corrected chi connectivity index (χ3v) is 5.69. The number of hydrogen-bond donors (Lipinski definition) is 1. The van der Waals surface area contributed by atoms with Gasteiger partial charge in [-0.3, -0.25) is 4.79 Å². The summed E-state index contributed by atoms with van der Waals surface area (Å²) in [4.78, 5) is 11.5. The molecule has 3 aromatic carbocycles. The Morgan fingerprint density at radius 2 is 1.55 bits per heavy atom. The number of rotatable bonds is 4. The highest BCUT2D eigenvalue weighted by Crippen LogP contribution is 2.41. The molecule has 0 saturated heterocycles. The van der Waals surface area contributed by atoms with Crippen LogP contribution >= 0.6 is 0 Å². The molecule has 0 unspecified atom stereocenters. The largest absolute Gasteiger partial charge is 0.481 e. The Morgan fingerprint density at radius 3 is 2.38 bits per heavy atom. The molecule has 0 amide bonds. The number of nitrogens with zero attached hydrogens (tertiary/aromatic N) is 1. The van der Waals surface area contributed by atoms with Crippen molar-refractivity contribution in [3.05, 3.63) is 102 Å². The number of aromatic nitrogens is 1. The molecule has 3 nitrogen and oxygen atoms in total. The van der Waals surface area contributed by atoms with Crippen LogP contribution in [0.5, 0.6) is 0 Å². The van der Waals surface area contributed by atoms with E-state index in [0.29, 0.717) is 0 Å². The van der Waals surface area contributed by atoms with E-state index in [4.69, 9.17) is 0 Å². The van der Waals surface area contributed by atoms with Gasteiger partial charge >= 0.3 is 5.97 Å². The van der Waals surface area contributed by atoms with Crippen LogP contribution < -0.4 is 0 Å². The molecular formula is C26H21NO2. The lowest BCUT2D eigenvalue weighted by Crippen LogP contribution is -2.11. The van der Waals surface area contributed by atoms with E-state index in [1.807, 2.05) is 42.5 Å². The van der Waals surface area contributed by atoms with Crippen LogP contribution in [0.1, 0.15) is 16.8 Å². The summed E-state index contributed by atoms with van der Waals surface area (Å²) in [6.45, 7) is 0. The van der Waals surface area contributed by atoms with Crippen molar-refractivity contribution in [3.63, 3.8) is 0 Å². The number of hydrogen-bond acceptors (Lipinski definition) is 1. The molecule has 5 rings (SSSR count). The molecule has 1 aliphatic carbocycles. The molecule has 1 aromatic heterocycles. The molecular weight excluding hydrogens is 358 g/mol. The van der Waals surface area contributed by atoms with Crippen LogP contribution in [0.15, 0.2) is 84.9 Å². The number of benzene rings is 3. The number of carboxylic acids is 1. The average Bonchev–Trinajstić information content (AvgIpc) is 3.14. The van der Waals surface area contributed by atoms with Gasteiger partial charge in [0.1, 0.15) is 0 Å². The van der Waals surface area contributed by atoms with Gasteiger partial charge in [0.05, 0.1) is 12.1 Å². The van der Waals surface area contributed by atoms with Crippen LogP contribution in [-0.2, 0) is 24.1 Å². The molecule has 1 N–H and O–H groups in total.